The summed E-state index contributed by atoms with van der Waals surface area (Å²) < 4.78 is 13.1. The van der Waals surface area contributed by atoms with Gasteiger partial charge in [-0.2, -0.15) is 0 Å². The van der Waals surface area contributed by atoms with Gasteiger partial charge in [-0.1, -0.05) is 133 Å². The highest BCUT2D eigenvalue weighted by Gasteiger charge is 2.30. The van der Waals surface area contributed by atoms with Crippen LogP contribution >= 0.6 is 11.6 Å². The minimum absolute atomic E-state index is 0.674. The molecule has 6 rings (SSSR count). The van der Waals surface area contributed by atoms with Crippen molar-refractivity contribution in [2.75, 3.05) is 6.26 Å². The Morgan fingerprint density at radius 2 is 1.10 bits per heavy atom. The molecule has 0 aliphatic heterocycles. The van der Waals surface area contributed by atoms with Gasteiger partial charge in [0.25, 0.3) is 0 Å². The van der Waals surface area contributed by atoms with Crippen molar-refractivity contribution in [3.63, 3.8) is 0 Å². The molecule has 0 N–H and O–H groups in total. The molecule has 0 radical (unpaired) electrons. The van der Waals surface area contributed by atoms with Crippen molar-refractivity contribution >= 4 is 28.3 Å². The lowest BCUT2D eigenvalue weighted by Gasteiger charge is -2.28. The maximum atomic E-state index is 13.1. The highest BCUT2D eigenvalue weighted by atomic mass is 35.5. The Hall–Kier alpha value is -3.82. The van der Waals surface area contributed by atoms with Crippen LogP contribution in [-0.2, 0) is 11.2 Å². The first-order valence-corrected chi connectivity index (χ1v) is 15.4. The van der Waals surface area contributed by atoms with Gasteiger partial charge < -0.3 is 4.55 Å². The number of benzene rings is 5. The van der Waals surface area contributed by atoms with Crippen molar-refractivity contribution in [3.8, 4) is 44.5 Å². The van der Waals surface area contributed by atoms with Gasteiger partial charge in [0.2, 0.25) is 0 Å². The largest absolute Gasteiger partial charge is 0.612 e. The van der Waals surface area contributed by atoms with E-state index in [0.717, 1.165) is 67.8 Å². The average Bonchev–Trinajstić information content (AvgIpc) is 3.02. The van der Waals surface area contributed by atoms with Crippen molar-refractivity contribution in [2.24, 2.45) is 0 Å². The molecule has 0 saturated carbocycles. The van der Waals surface area contributed by atoms with E-state index in [1.54, 1.807) is 6.26 Å². The maximum absolute atomic E-state index is 13.1. The Kier molecular flexibility index (Phi) is 7.75. The van der Waals surface area contributed by atoms with Crippen LogP contribution in [0.15, 0.2) is 138 Å². The van der Waals surface area contributed by atoms with E-state index in [9.17, 15) is 4.55 Å². The van der Waals surface area contributed by atoms with E-state index in [4.69, 9.17) is 11.6 Å². The van der Waals surface area contributed by atoms with Crippen molar-refractivity contribution in [3.05, 3.63) is 144 Å². The summed E-state index contributed by atoms with van der Waals surface area (Å²) >= 11 is 6.45. The Balaban J connectivity index is 1.89. The molecule has 1 aliphatic carbocycles. The molecule has 0 aromatic heterocycles. The van der Waals surface area contributed by atoms with E-state index >= 15 is 0 Å². The van der Waals surface area contributed by atoms with Crippen LogP contribution in [0.5, 0.6) is 0 Å². The zero-order valence-electron chi connectivity index (χ0n) is 22.3. The molecular weight excluding hydrogens is 528 g/mol. The summed E-state index contributed by atoms with van der Waals surface area (Å²) in [6, 6.07) is 39.5. The standard InChI is InChI=1S/C37H29ClOS/c1-40(39)31-25-15-14-24-30(31)36-34(28-20-10-4-11-21-28)32(26-16-6-2-7-17-26)33(27-18-8-3-9-19-27)35(37(36)38)29-22-12-5-13-23-29/h2-10,12-20,22-25H,11,21H2,1H3. The molecule has 0 spiro atoms. The summed E-state index contributed by atoms with van der Waals surface area (Å²) in [7, 11) is 0. The lowest BCUT2D eigenvalue weighted by molar-refractivity contribution is 0.601. The molecule has 0 fully saturated rings. The van der Waals surface area contributed by atoms with Crippen molar-refractivity contribution in [1.29, 1.82) is 0 Å². The smallest absolute Gasteiger partial charge is 0.160 e. The van der Waals surface area contributed by atoms with Crippen LogP contribution in [0.3, 0.4) is 0 Å². The van der Waals surface area contributed by atoms with E-state index in [-0.39, 0.29) is 0 Å². The highest BCUT2D eigenvalue weighted by Crippen LogP contribution is 2.54. The van der Waals surface area contributed by atoms with Crippen LogP contribution < -0.4 is 0 Å². The van der Waals surface area contributed by atoms with Gasteiger partial charge >= 0.3 is 0 Å². The Morgan fingerprint density at radius 1 is 0.600 bits per heavy atom. The predicted octanol–water partition coefficient (Wildman–Crippen LogP) is 10.5. The predicted molar refractivity (Wildman–Crippen MR) is 172 cm³/mol. The van der Waals surface area contributed by atoms with Crippen molar-refractivity contribution < 1.29 is 4.55 Å². The van der Waals surface area contributed by atoms with Crippen LogP contribution in [0.25, 0.3) is 50.1 Å². The summed E-state index contributed by atoms with van der Waals surface area (Å²) in [5, 5.41) is 0.674. The van der Waals surface area contributed by atoms with E-state index in [0.29, 0.717) is 5.02 Å². The van der Waals surface area contributed by atoms with Gasteiger partial charge in [-0.15, -0.1) is 0 Å². The van der Waals surface area contributed by atoms with E-state index in [2.05, 4.69) is 103 Å². The number of rotatable bonds is 6. The third-order valence-corrected chi connectivity index (χ3v) is 8.78. The second kappa shape index (κ2) is 11.7. The van der Waals surface area contributed by atoms with Gasteiger partial charge in [-0.3, -0.25) is 0 Å². The summed E-state index contributed by atoms with van der Waals surface area (Å²) in [6.45, 7) is 0. The molecule has 1 unspecified atom stereocenters. The second-order valence-corrected chi connectivity index (χ2v) is 11.6. The minimum atomic E-state index is -1.20. The van der Waals surface area contributed by atoms with Gasteiger partial charge in [0.15, 0.2) is 4.90 Å². The molecule has 0 bridgehead atoms. The van der Waals surface area contributed by atoms with Gasteiger partial charge in [-0.25, -0.2) is 0 Å². The Bertz CT molecular complexity index is 1700. The quantitative estimate of drug-likeness (QED) is 0.191. The molecule has 3 heteroatoms. The third-order valence-electron chi connectivity index (χ3n) is 7.43. The van der Waals surface area contributed by atoms with Crippen molar-refractivity contribution in [1.82, 2.24) is 0 Å². The molecule has 196 valence electrons. The topological polar surface area (TPSA) is 23.1 Å². The van der Waals surface area contributed by atoms with Crippen LogP contribution in [0.1, 0.15) is 18.4 Å². The molecule has 1 nitrogen and oxygen atoms in total. The molecule has 1 atom stereocenters. The molecule has 0 amide bonds. The molecule has 40 heavy (non-hydrogen) atoms. The Morgan fingerprint density at radius 3 is 1.62 bits per heavy atom. The van der Waals surface area contributed by atoms with E-state index in [1.165, 1.54) is 5.57 Å². The second-order valence-electron chi connectivity index (χ2n) is 9.90. The van der Waals surface area contributed by atoms with E-state index < -0.39 is 11.2 Å². The van der Waals surface area contributed by atoms with Crippen LogP contribution in [-0.4, -0.2) is 10.8 Å². The summed E-state index contributed by atoms with van der Waals surface area (Å²) in [4.78, 5) is 0.781. The normalized spacial score (nSPS) is 13.6. The zero-order valence-corrected chi connectivity index (χ0v) is 23.9. The molecule has 0 saturated heterocycles. The molecule has 5 aromatic rings. The molecular formula is C37H29ClOS. The minimum Gasteiger partial charge on any atom is -0.612 e. The lowest BCUT2D eigenvalue weighted by atomic mass is 9.77. The monoisotopic (exact) mass is 556 g/mol. The Labute approximate surface area is 244 Å². The summed E-state index contributed by atoms with van der Waals surface area (Å²) in [5.41, 5.74) is 10.7. The van der Waals surface area contributed by atoms with Gasteiger partial charge in [0.1, 0.15) is 6.26 Å². The first kappa shape index (κ1) is 26.4. The van der Waals surface area contributed by atoms with Gasteiger partial charge in [-0.05, 0) is 75.1 Å². The number of halogens is 1. The van der Waals surface area contributed by atoms with Gasteiger partial charge in [0.05, 0.1) is 5.02 Å². The SMILES string of the molecule is C[S+]([O-])c1ccccc1-c1c(Cl)c(-c2ccccc2)c(-c2ccccc2)c(-c2ccccc2)c1C1=CC=CCC1. The van der Waals surface area contributed by atoms with Crippen molar-refractivity contribution in [2.45, 2.75) is 17.7 Å². The fraction of sp³-hybridized carbons (Fsp3) is 0.0811. The number of allylic oxidation sites excluding steroid dienone is 4. The highest BCUT2D eigenvalue weighted by molar-refractivity contribution is 7.90. The van der Waals surface area contributed by atoms with E-state index in [1.807, 2.05) is 30.3 Å². The van der Waals surface area contributed by atoms with Crippen LogP contribution in [0, 0.1) is 0 Å². The number of hydrogen-bond acceptors (Lipinski definition) is 1. The first-order valence-electron chi connectivity index (χ1n) is 13.5. The average molecular weight is 557 g/mol. The molecule has 1 aliphatic rings. The van der Waals surface area contributed by atoms with Gasteiger partial charge in [0, 0.05) is 16.7 Å². The van der Waals surface area contributed by atoms with Crippen LogP contribution in [0.4, 0.5) is 0 Å². The number of hydrogen-bond donors (Lipinski definition) is 0. The fourth-order valence-corrected chi connectivity index (χ4v) is 6.84. The fourth-order valence-electron chi connectivity index (χ4n) is 5.69. The lowest BCUT2D eigenvalue weighted by Crippen LogP contribution is -2.06. The third kappa shape index (κ3) is 4.95. The first-order chi connectivity index (χ1) is 19.6. The molecule has 0 heterocycles. The zero-order chi connectivity index (χ0) is 27.5. The summed E-state index contributed by atoms with van der Waals surface area (Å²) in [5.74, 6) is 0. The molecule has 5 aromatic carbocycles. The maximum Gasteiger partial charge on any atom is 0.160 e. The van der Waals surface area contributed by atoms with Crippen LogP contribution in [0.2, 0.25) is 5.02 Å². The summed E-state index contributed by atoms with van der Waals surface area (Å²) in [6.07, 6.45) is 10.2.